The molecule has 0 bridgehead atoms. The van der Waals surface area contributed by atoms with Gasteiger partial charge in [-0.05, 0) is 37.1 Å². The van der Waals surface area contributed by atoms with Crippen molar-refractivity contribution in [2.45, 2.75) is 20.1 Å². The van der Waals surface area contributed by atoms with Crippen LogP contribution < -0.4 is 0 Å². The van der Waals surface area contributed by atoms with Gasteiger partial charge in [0.1, 0.15) is 5.15 Å². The third-order valence-corrected chi connectivity index (χ3v) is 3.44. The molecule has 1 saturated heterocycles. The lowest BCUT2D eigenvalue weighted by atomic mass is 10.0. The number of halogens is 1. The molecule has 1 aliphatic heterocycles. The van der Waals surface area contributed by atoms with E-state index in [1.807, 2.05) is 12.1 Å². The normalized spacial score (nSPS) is 16.6. The molecule has 18 heavy (non-hydrogen) atoms. The Morgan fingerprint density at radius 2 is 1.89 bits per heavy atom. The van der Waals surface area contributed by atoms with Crippen molar-refractivity contribution in [3.8, 4) is 0 Å². The summed E-state index contributed by atoms with van der Waals surface area (Å²) in [5, 5.41) is 1.55. The average molecular weight is 264 g/mol. The lowest BCUT2D eigenvalue weighted by Crippen LogP contribution is -2.01. The van der Waals surface area contributed by atoms with Crippen LogP contribution in [-0.4, -0.2) is 18.2 Å². The highest BCUT2D eigenvalue weighted by Gasteiger charge is 2.22. The van der Waals surface area contributed by atoms with Gasteiger partial charge in [0.25, 0.3) is 0 Å². The van der Waals surface area contributed by atoms with Crippen LogP contribution in [0.4, 0.5) is 0 Å². The van der Waals surface area contributed by atoms with Crippen LogP contribution in [0.1, 0.15) is 23.0 Å². The molecule has 4 heteroatoms. The van der Waals surface area contributed by atoms with E-state index in [4.69, 9.17) is 21.1 Å². The topological polar surface area (TPSA) is 31.4 Å². The molecule has 94 valence electrons. The fourth-order valence-corrected chi connectivity index (χ4v) is 2.56. The van der Waals surface area contributed by atoms with Crippen molar-refractivity contribution in [3.05, 3.63) is 40.0 Å². The molecule has 0 atom stereocenters. The Balaban J connectivity index is 2.19. The van der Waals surface area contributed by atoms with E-state index in [1.165, 1.54) is 11.1 Å². The van der Waals surface area contributed by atoms with E-state index in [-0.39, 0.29) is 6.29 Å². The molecule has 2 heterocycles. The summed E-state index contributed by atoms with van der Waals surface area (Å²) in [5.74, 6) is 0. The van der Waals surface area contributed by atoms with Crippen LogP contribution in [-0.2, 0) is 9.47 Å². The van der Waals surface area contributed by atoms with E-state index in [1.54, 1.807) is 0 Å². The summed E-state index contributed by atoms with van der Waals surface area (Å²) >= 11 is 6.22. The fourth-order valence-electron chi connectivity index (χ4n) is 2.33. The van der Waals surface area contributed by atoms with Crippen molar-refractivity contribution in [1.82, 2.24) is 4.98 Å². The van der Waals surface area contributed by atoms with Gasteiger partial charge < -0.3 is 9.47 Å². The lowest BCUT2D eigenvalue weighted by Gasteiger charge is -2.13. The van der Waals surface area contributed by atoms with Crippen LogP contribution >= 0.6 is 11.6 Å². The molecule has 0 aliphatic carbocycles. The largest absolute Gasteiger partial charge is 0.346 e. The number of aromatic nitrogens is 1. The van der Waals surface area contributed by atoms with Crippen molar-refractivity contribution < 1.29 is 9.47 Å². The molecule has 0 unspecified atom stereocenters. The van der Waals surface area contributed by atoms with E-state index in [0.717, 1.165) is 16.5 Å². The molecule has 0 radical (unpaired) electrons. The second-order valence-electron chi connectivity index (χ2n) is 4.59. The maximum Gasteiger partial charge on any atom is 0.187 e. The highest BCUT2D eigenvalue weighted by atomic mass is 35.5. The fraction of sp³-hybridized carbons (Fsp3) is 0.357. The molecule has 0 N–H and O–H groups in total. The first-order valence-corrected chi connectivity index (χ1v) is 6.33. The van der Waals surface area contributed by atoms with Crippen LogP contribution in [0.15, 0.2) is 18.2 Å². The lowest BCUT2D eigenvalue weighted by molar-refractivity contribution is -0.0441. The Bertz CT molecular complexity index is 606. The van der Waals surface area contributed by atoms with Gasteiger partial charge in [-0.25, -0.2) is 4.98 Å². The second kappa shape index (κ2) is 4.50. The van der Waals surface area contributed by atoms with Crippen LogP contribution in [0.25, 0.3) is 10.9 Å². The summed E-state index contributed by atoms with van der Waals surface area (Å²) in [4.78, 5) is 4.45. The second-order valence-corrected chi connectivity index (χ2v) is 4.95. The number of benzene rings is 1. The summed E-state index contributed by atoms with van der Waals surface area (Å²) in [6.07, 6.45) is -0.380. The molecule has 2 aromatic rings. The zero-order valence-electron chi connectivity index (χ0n) is 10.4. The van der Waals surface area contributed by atoms with E-state index in [2.05, 4.69) is 24.9 Å². The van der Waals surface area contributed by atoms with E-state index in [9.17, 15) is 0 Å². The predicted molar refractivity (Wildman–Crippen MR) is 70.9 cm³/mol. The van der Waals surface area contributed by atoms with Crippen molar-refractivity contribution in [2.24, 2.45) is 0 Å². The van der Waals surface area contributed by atoms with Crippen LogP contribution in [0.2, 0.25) is 5.15 Å². The van der Waals surface area contributed by atoms with Crippen molar-refractivity contribution in [2.75, 3.05) is 13.2 Å². The standard InChI is InChI=1S/C14H14ClNO2/c1-8-5-9(2)10-7-11(14-17-3-4-18-14)13(15)16-12(10)6-8/h5-7,14H,3-4H2,1-2H3. The molecule has 0 saturated carbocycles. The zero-order chi connectivity index (χ0) is 12.7. The van der Waals surface area contributed by atoms with Gasteiger partial charge in [0.15, 0.2) is 6.29 Å². The minimum absolute atomic E-state index is 0.380. The molecule has 3 nitrogen and oxygen atoms in total. The molecule has 1 aromatic carbocycles. The minimum atomic E-state index is -0.380. The average Bonchev–Trinajstić information content (AvgIpc) is 2.81. The Labute approximate surface area is 111 Å². The van der Waals surface area contributed by atoms with Crippen molar-refractivity contribution >= 4 is 22.5 Å². The Morgan fingerprint density at radius 3 is 2.61 bits per heavy atom. The zero-order valence-corrected chi connectivity index (χ0v) is 11.1. The van der Waals surface area contributed by atoms with Gasteiger partial charge in [-0.2, -0.15) is 0 Å². The molecule has 1 aromatic heterocycles. The number of fused-ring (bicyclic) bond motifs is 1. The summed E-state index contributed by atoms with van der Waals surface area (Å²) in [6.45, 7) is 5.34. The summed E-state index contributed by atoms with van der Waals surface area (Å²) in [6, 6.07) is 6.20. The number of ether oxygens (including phenoxy) is 2. The molecule has 0 spiro atoms. The molecular formula is C14H14ClNO2. The SMILES string of the molecule is Cc1cc(C)c2cc(C3OCCO3)c(Cl)nc2c1. The molecular weight excluding hydrogens is 250 g/mol. The van der Waals surface area contributed by atoms with Crippen LogP contribution in [0.5, 0.6) is 0 Å². The molecule has 0 amide bonds. The Hall–Kier alpha value is -1.16. The maximum atomic E-state index is 6.22. The minimum Gasteiger partial charge on any atom is -0.346 e. The number of pyridine rings is 1. The number of rotatable bonds is 1. The maximum absolute atomic E-state index is 6.22. The third-order valence-electron chi connectivity index (χ3n) is 3.14. The van der Waals surface area contributed by atoms with Gasteiger partial charge in [0.2, 0.25) is 0 Å². The number of aryl methyl sites for hydroxylation is 2. The van der Waals surface area contributed by atoms with Crippen molar-refractivity contribution in [1.29, 1.82) is 0 Å². The monoisotopic (exact) mass is 263 g/mol. The van der Waals surface area contributed by atoms with Gasteiger partial charge in [-0.15, -0.1) is 0 Å². The van der Waals surface area contributed by atoms with E-state index >= 15 is 0 Å². The van der Waals surface area contributed by atoms with Crippen LogP contribution in [0.3, 0.4) is 0 Å². The molecule has 1 fully saturated rings. The Morgan fingerprint density at radius 1 is 1.17 bits per heavy atom. The quantitative estimate of drug-likeness (QED) is 0.738. The van der Waals surface area contributed by atoms with E-state index in [0.29, 0.717) is 18.4 Å². The summed E-state index contributed by atoms with van der Waals surface area (Å²) in [5.41, 5.74) is 4.10. The van der Waals surface area contributed by atoms with Crippen LogP contribution in [0, 0.1) is 13.8 Å². The summed E-state index contributed by atoms with van der Waals surface area (Å²) in [7, 11) is 0. The molecule has 3 rings (SSSR count). The highest BCUT2D eigenvalue weighted by Crippen LogP contribution is 2.32. The predicted octanol–water partition coefficient (Wildman–Crippen LogP) is 3.55. The van der Waals surface area contributed by atoms with Gasteiger partial charge in [-0.3, -0.25) is 0 Å². The first kappa shape index (κ1) is 11.9. The summed E-state index contributed by atoms with van der Waals surface area (Å²) < 4.78 is 11.0. The van der Waals surface area contributed by atoms with Gasteiger partial charge in [0, 0.05) is 10.9 Å². The van der Waals surface area contributed by atoms with Gasteiger partial charge in [-0.1, -0.05) is 17.7 Å². The smallest absolute Gasteiger partial charge is 0.187 e. The Kier molecular flexibility index (Phi) is 2.98. The number of hydrogen-bond acceptors (Lipinski definition) is 3. The molecule has 1 aliphatic rings. The van der Waals surface area contributed by atoms with Gasteiger partial charge in [0.05, 0.1) is 18.7 Å². The van der Waals surface area contributed by atoms with E-state index < -0.39 is 0 Å². The number of hydrogen-bond donors (Lipinski definition) is 0. The van der Waals surface area contributed by atoms with Gasteiger partial charge >= 0.3 is 0 Å². The highest BCUT2D eigenvalue weighted by molar-refractivity contribution is 6.30. The third kappa shape index (κ3) is 1.99. The first-order chi connectivity index (χ1) is 8.65. The number of nitrogens with zero attached hydrogens (tertiary/aromatic N) is 1. The van der Waals surface area contributed by atoms with Crippen molar-refractivity contribution in [3.63, 3.8) is 0 Å². The first-order valence-electron chi connectivity index (χ1n) is 5.96.